The van der Waals surface area contributed by atoms with E-state index in [0.717, 1.165) is 66.2 Å². The number of benzene rings is 3. The number of para-hydroxylation sites is 1. The molecule has 2 N–H and O–H groups in total. The molecule has 2 amide bonds. The van der Waals surface area contributed by atoms with Crippen molar-refractivity contribution in [3.63, 3.8) is 0 Å². The minimum atomic E-state index is -0.478. The van der Waals surface area contributed by atoms with E-state index in [1.54, 1.807) is 10.8 Å². The number of anilines is 2. The van der Waals surface area contributed by atoms with Crippen LogP contribution in [-0.4, -0.2) is 59.9 Å². The molecule has 0 saturated carbocycles. The number of nitrogens with zero attached hydrogens (tertiary/aromatic N) is 3. The SMILES string of the molecule is CC(C)c1cccc(C(C)C)c1NC(=O)Nc1c(-c2cccc(OCCN3CCOCC3)c2)c2cccnc2n(CCc2ccccc2)c1=O. The van der Waals surface area contributed by atoms with Gasteiger partial charge in [0.15, 0.2) is 0 Å². The Morgan fingerprint density at radius 2 is 1.54 bits per heavy atom. The summed E-state index contributed by atoms with van der Waals surface area (Å²) < 4.78 is 13.4. The number of carbonyl (C=O) groups is 1. The molecule has 3 aromatic carbocycles. The monoisotopic (exact) mass is 673 g/mol. The Morgan fingerprint density at radius 1 is 0.840 bits per heavy atom. The van der Waals surface area contributed by atoms with Crippen molar-refractivity contribution in [3.8, 4) is 16.9 Å². The number of aromatic nitrogens is 2. The molecule has 9 nitrogen and oxygen atoms in total. The highest BCUT2D eigenvalue weighted by Crippen LogP contribution is 2.36. The van der Waals surface area contributed by atoms with Crippen molar-refractivity contribution in [3.05, 3.63) is 118 Å². The summed E-state index contributed by atoms with van der Waals surface area (Å²) in [6, 6.07) is 27.2. The van der Waals surface area contributed by atoms with Gasteiger partial charge in [-0.25, -0.2) is 9.78 Å². The summed E-state index contributed by atoms with van der Waals surface area (Å²) in [4.78, 5) is 35.7. The molecule has 3 heterocycles. The number of fused-ring (bicyclic) bond motifs is 1. The number of morpholine rings is 1. The molecule has 0 unspecified atom stereocenters. The van der Waals surface area contributed by atoms with Crippen LogP contribution in [-0.2, 0) is 17.7 Å². The van der Waals surface area contributed by atoms with E-state index in [4.69, 9.17) is 14.5 Å². The minimum Gasteiger partial charge on any atom is -0.492 e. The molecule has 5 aromatic rings. The van der Waals surface area contributed by atoms with Gasteiger partial charge in [-0.3, -0.25) is 14.3 Å². The summed E-state index contributed by atoms with van der Waals surface area (Å²) in [5.74, 6) is 1.06. The summed E-state index contributed by atoms with van der Waals surface area (Å²) >= 11 is 0. The van der Waals surface area contributed by atoms with Crippen molar-refractivity contribution < 1.29 is 14.3 Å². The highest BCUT2D eigenvalue weighted by Gasteiger charge is 2.23. The van der Waals surface area contributed by atoms with Crippen LogP contribution >= 0.6 is 0 Å². The number of ether oxygens (including phenoxy) is 2. The Hall–Kier alpha value is -4.99. The highest BCUT2D eigenvalue weighted by atomic mass is 16.5. The maximum Gasteiger partial charge on any atom is 0.323 e. The fraction of sp³-hybridized carbons (Fsp3) is 0.341. The number of hydrogen-bond donors (Lipinski definition) is 2. The van der Waals surface area contributed by atoms with Crippen molar-refractivity contribution in [2.75, 3.05) is 50.1 Å². The second-order valence-electron chi connectivity index (χ2n) is 13.3. The van der Waals surface area contributed by atoms with E-state index in [-0.39, 0.29) is 23.1 Å². The average molecular weight is 674 g/mol. The molecule has 0 aliphatic carbocycles. The highest BCUT2D eigenvalue weighted by molar-refractivity contribution is 6.07. The average Bonchev–Trinajstić information content (AvgIpc) is 3.12. The van der Waals surface area contributed by atoms with Crippen molar-refractivity contribution in [1.82, 2.24) is 14.5 Å². The van der Waals surface area contributed by atoms with E-state index >= 15 is 0 Å². The van der Waals surface area contributed by atoms with Crippen LogP contribution < -0.4 is 20.9 Å². The van der Waals surface area contributed by atoms with Crippen LogP contribution in [0.3, 0.4) is 0 Å². The summed E-state index contributed by atoms with van der Waals surface area (Å²) in [7, 11) is 0. The van der Waals surface area contributed by atoms with Crippen LogP contribution in [0.2, 0.25) is 0 Å². The van der Waals surface area contributed by atoms with Crippen molar-refractivity contribution >= 4 is 28.4 Å². The maximum atomic E-state index is 14.6. The van der Waals surface area contributed by atoms with E-state index in [1.165, 1.54) is 0 Å². The molecule has 1 fully saturated rings. The van der Waals surface area contributed by atoms with E-state index < -0.39 is 6.03 Å². The molecular formula is C41H47N5O4. The fourth-order valence-corrected chi connectivity index (χ4v) is 6.60. The Bertz CT molecular complexity index is 1960. The van der Waals surface area contributed by atoms with Crippen LogP contribution in [0.5, 0.6) is 5.75 Å². The third-order valence-corrected chi connectivity index (χ3v) is 9.24. The summed E-state index contributed by atoms with van der Waals surface area (Å²) in [5.41, 5.74) is 5.73. The maximum absolute atomic E-state index is 14.6. The second-order valence-corrected chi connectivity index (χ2v) is 13.3. The first-order valence-electron chi connectivity index (χ1n) is 17.6. The van der Waals surface area contributed by atoms with Gasteiger partial charge in [-0.05, 0) is 64.8 Å². The van der Waals surface area contributed by atoms with Crippen LogP contribution in [0.15, 0.2) is 95.9 Å². The zero-order valence-corrected chi connectivity index (χ0v) is 29.4. The number of amides is 2. The standard InChI is InChI=1S/C41H47N5O4/c1-28(2)33-15-9-16-34(29(3)4)37(33)43-41(48)44-38-36(31-13-8-14-32(27-31)50-26-23-45-21-24-49-25-22-45)35-17-10-19-42-39(35)46(40(38)47)20-18-30-11-6-5-7-12-30/h5-17,19,27-29H,18,20-26H2,1-4H3,(H2,43,44,48). The van der Waals surface area contributed by atoms with Crippen LogP contribution in [0.1, 0.15) is 56.2 Å². The number of aryl methyl sites for hydroxylation is 2. The summed E-state index contributed by atoms with van der Waals surface area (Å²) in [6.07, 6.45) is 2.33. The lowest BCUT2D eigenvalue weighted by atomic mass is 9.93. The zero-order chi connectivity index (χ0) is 35.0. The van der Waals surface area contributed by atoms with E-state index in [2.05, 4.69) is 43.2 Å². The first-order chi connectivity index (χ1) is 24.3. The molecule has 1 aliphatic heterocycles. The van der Waals surface area contributed by atoms with Gasteiger partial charge in [-0.2, -0.15) is 0 Å². The second kappa shape index (κ2) is 16.1. The molecule has 0 bridgehead atoms. The molecule has 0 radical (unpaired) electrons. The zero-order valence-electron chi connectivity index (χ0n) is 29.4. The summed E-state index contributed by atoms with van der Waals surface area (Å²) in [5, 5.41) is 6.92. The topological polar surface area (TPSA) is 97.7 Å². The third kappa shape index (κ3) is 8.07. The number of carbonyl (C=O) groups excluding carboxylic acids is 1. The first-order valence-corrected chi connectivity index (χ1v) is 17.6. The predicted molar refractivity (Wildman–Crippen MR) is 202 cm³/mol. The van der Waals surface area contributed by atoms with Crippen molar-refractivity contribution in [1.29, 1.82) is 0 Å². The van der Waals surface area contributed by atoms with Gasteiger partial charge in [0, 0.05) is 49.0 Å². The molecule has 0 spiro atoms. The Balaban J connectivity index is 1.40. The Morgan fingerprint density at radius 3 is 2.26 bits per heavy atom. The number of rotatable bonds is 12. The molecule has 1 saturated heterocycles. The Kier molecular flexibility index (Phi) is 11.3. The van der Waals surface area contributed by atoms with Gasteiger partial charge < -0.3 is 20.1 Å². The molecule has 1 aliphatic rings. The largest absolute Gasteiger partial charge is 0.492 e. The molecule has 0 atom stereocenters. The number of pyridine rings is 2. The fourth-order valence-electron chi connectivity index (χ4n) is 6.60. The van der Waals surface area contributed by atoms with E-state index in [1.807, 2.05) is 84.9 Å². The quantitative estimate of drug-likeness (QED) is 0.140. The first kappa shape index (κ1) is 34.9. The van der Waals surface area contributed by atoms with Crippen molar-refractivity contribution in [2.24, 2.45) is 0 Å². The molecule has 260 valence electrons. The van der Waals surface area contributed by atoms with Crippen LogP contribution in [0.4, 0.5) is 16.2 Å². The van der Waals surface area contributed by atoms with Gasteiger partial charge in [-0.1, -0.05) is 88.4 Å². The number of nitrogens with one attached hydrogen (secondary N) is 2. The number of urea groups is 1. The van der Waals surface area contributed by atoms with Crippen LogP contribution in [0, 0.1) is 0 Å². The lowest BCUT2D eigenvalue weighted by Gasteiger charge is -2.26. The normalized spacial score (nSPS) is 13.6. The van der Waals surface area contributed by atoms with Gasteiger partial charge in [0.2, 0.25) is 0 Å². The van der Waals surface area contributed by atoms with E-state index in [9.17, 15) is 9.59 Å². The number of hydrogen-bond acceptors (Lipinski definition) is 6. The van der Waals surface area contributed by atoms with Gasteiger partial charge in [0.1, 0.15) is 23.7 Å². The van der Waals surface area contributed by atoms with Gasteiger partial charge >= 0.3 is 6.03 Å². The van der Waals surface area contributed by atoms with Gasteiger partial charge in [0.05, 0.1) is 13.2 Å². The molecule has 9 heteroatoms. The molecular weight excluding hydrogens is 626 g/mol. The van der Waals surface area contributed by atoms with Crippen molar-refractivity contribution in [2.45, 2.75) is 52.5 Å². The molecule has 50 heavy (non-hydrogen) atoms. The Labute approximate surface area is 294 Å². The molecule has 2 aromatic heterocycles. The summed E-state index contributed by atoms with van der Waals surface area (Å²) in [6.45, 7) is 13.4. The minimum absolute atomic E-state index is 0.188. The predicted octanol–water partition coefficient (Wildman–Crippen LogP) is 7.91. The molecule has 6 rings (SSSR count). The lowest BCUT2D eigenvalue weighted by Crippen LogP contribution is -2.38. The smallest absolute Gasteiger partial charge is 0.323 e. The third-order valence-electron chi connectivity index (χ3n) is 9.24. The van der Waals surface area contributed by atoms with Gasteiger partial charge in [-0.15, -0.1) is 0 Å². The van der Waals surface area contributed by atoms with Crippen LogP contribution in [0.25, 0.3) is 22.2 Å². The van der Waals surface area contributed by atoms with E-state index in [0.29, 0.717) is 36.5 Å². The van der Waals surface area contributed by atoms with Gasteiger partial charge in [0.25, 0.3) is 5.56 Å². The lowest BCUT2D eigenvalue weighted by molar-refractivity contribution is 0.0322.